The summed E-state index contributed by atoms with van der Waals surface area (Å²) in [5.74, 6) is 0.694. The Bertz CT molecular complexity index is 474. The van der Waals surface area contributed by atoms with Gasteiger partial charge in [-0.1, -0.05) is 22.9 Å². The molecular formula is C14H19BrF2N2O. The van der Waals surface area contributed by atoms with Gasteiger partial charge in [-0.2, -0.15) is 8.78 Å². The van der Waals surface area contributed by atoms with Gasteiger partial charge in [0.15, 0.2) is 0 Å². The lowest BCUT2D eigenvalue weighted by Crippen LogP contribution is -2.28. The van der Waals surface area contributed by atoms with Crippen molar-refractivity contribution in [1.29, 1.82) is 0 Å². The van der Waals surface area contributed by atoms with E-state index in [9.17, 15) is 8.78 Å². The first-order chi connectivity index (χ1) is 9.36. The Hall–Kier alpha value is -0.720. The Morgan fingerprint density at radius 2 is 2.15 bits per heavy atom. The van der Waals surface area contributed by atoms with Crippen LogP contribution in [-0.4, -0.2) is 30.6 Å². The van der Waals surface area contributed by atoms with Crippen molar-refractivity contribution in [3.63, 3.8) is 0 Å². The monoisotopic (exact) mass is 348 g/mol. The molecule has 1 aliphatic heterocycles. The van der Waals surface area contributed by atoms with E-state index in [1.54, 1.807) is 13.0 Å². The van der Waals surface area contributed by atoms with E-state index in [-0.39, 0.29) is 11.8 Å². The molecule has 2 N–H and O–H groups in total. The van der Waals surface area contributed by atoms with Crippen molar-refractivity contribution in [3.8, 4) is 5.75 Å². The van der Waals surface area contributed by atoms with Gasteiger partial charge >= 0.3 is 6.61 Å². The van der Waals surface area contributed by atoms with Gasteiger partial charge in [-0.3, -0.25) is 4.90 Å². The minimum absolute atomic E-state index is 0.141. The lowest BCUT2D eigenvalue weighted by Gasteiger charge is -2.20. The van der Waals surface area contributed by atoms with Crippen LogP contribution in [0.5, 0.6) is 5.75 Å². The third-order valence-electron chi connectivity index (χ3n) is 3.66. The maximum atomic E-state index is 12.6. The average Bonchev–Trinajstić information content (AvgIpc) is 2.62. The molecule has 0 saturated carbocycles. The van der Waals surface area contributed by atoms with Gasteiger partial charge in [0, 0.05) is 35.7 Å². The first kappa shape index (κ1) is 15.7. The molecule has 1 aromatic rings. The summed E-state index contributed by atoms with van der Waals surface area (Å²) in [6.07, 6.45) is 0. The highest BCUT2D eigenvalue weighted by Gasteiger charge is 2.27. The number of ether oxygens (including phenoxy) is 1. The molecule has 1 aromatic carbocycles. The maximum Gasteiger partial charge on any atom is 0.387 e. The van der Waals surface area contributed by atoms with Crippen molar-refractivity contribution in [1.82, 2.24) is 4.90 Å². The zero-order valence-electron chi connectivity index (χ0n) is 11.6. The minimum atomic E-state index is -2.81. The quantitative estimate of drug-likeness (QED) is 0.908. The molecule has 0 radical (unpaired) electrons. The van der Waals surface area contributed by atoms with Crippen LogP contribution >= 0.6 is 15.9 Å². The summed E-state index contributed by atoms with van der Waals surface area (Å²) in [5, 5.41) is 0. The van der Waals surface area contributed by atoms with E-state index in [4.69, 9.17) is 5.73 Å². The summed E-state index contributed by atoms with van der Waals surface area (Å²) in [6.45, 7) is 3.29. The number of nitrogens with two attached hydrogens (primary N) is 1. The molecule has 1 fully saturated rings. The molecule has 1 heterocycles. The third-order valence-corrected chi connectivity index (χ3v) is 4.12. The van der Waals surface area contributed by atoms with Crippen molar-refractivity contribution in [2.75, 3.05) is 13.1 Å². The van der Waals surface area contributed by atoms with Gasteiger partial charge in [0.25, 0.3) is 0 Å². The van der Waals surface area contributed by atoms with Gasteiger partial charge in [-0.25, -0.2) is 0 Å². The fourth-order valence-electron chi connectivity index (χ4n) is 2.64. The molecule has 2 unspecified atom stereocenters. The maximum absolute atomic E-state index is 12.6. The Balaban J connectivity index is 2.21. The highest BCUT2D eigenvalue weighted by atomic mass is 79.9. The van der Waals surface area contributed by atoms with Gasteiger partial charge in [0.2, 0.25) is 0 Å². The molecule has 0 amide bonds. The van der Waals surface area contributed by atoms with Crippen LogP contribution in [0.4, 0.5) is 8.78 Å². The van der Waals surface area contributed by atoms with Gasteiger partial charge in [0.05, 0.1) is 0 Å². The molecule has 0 aromatic heterocycles. The number of nitrogens with zero attached hydrogens (tertiary/aromatic N) is 1. The van der Waals surface area contributed by atoms with Crippen molar-refractivity contribution in [2.24, 2.45) is 11.7 Å². The topological polar surface area (TPSA) is 38.5 Å². The number of benzene rings is 1. The van der Waals surface area contributed by atoms with Crippen LogP contribution in [0, 0.1) is 12.8 Å². The first-order valence-electron chi connectivity index (χ1n) is 6.58. The molecule has 3 nitrogen and oxygen atoms in total. The smallest absolute Gasteiger partial charge is 0.387 e. The van der Waals surface area contributed by atoms with Crippen molar-refractivity contribution in [3.05, 3.63) is 27.7 Å². The Morgan fingerprint density at radius 3 is 2.70 bits per heavy atom. The van der Waals surface area contributed by atoms with E-state index in [1.807, 2.05) is 6.07 Å². The van der Waals surface area contributed by atoms with Crippen molar-refractivity contribution >= 4 is 15.9 Å². The summed E-state index contributed by atoms with van der Waals surface area (Å²) in [5.41, 5.74) is 7.46. The van der Waals surface area contributed by atoms with Crippen LogP contribution in [0.3, 0.4) is 0 Å². The predicted octanol–water partition coefficient (Wildman–Crippen LogP) is 3.14. The number of alkyl halides is 2. The molecule has 20 heavy (non-hydrogen) atoms. The van der Waals surface area contributed by atoms with Crippen LogP contribution in [0.1, 0.15) is 18.1 Å². The van der Waals surface area contributed by atoms with Gasteiger partial charge in [-0.15, -0.1) is 0 Å². The summed E-state index contributed by atoms with van der Waals surface area (Å²) >= 11 is 3.40. The standard InChI is InChI=1S/C14H19BrF2N2O/c1-8-3-11(15)4-10(13(8)20-14(16)17)6-19-5-9(2)12(18)7-19/h3-4,9,12,14H,5-7,18H2,1-2H3. The van der Waals surface area contributed by atoms with Gasteiger partial charge in [0.1, 0.15) is 5.75 Å². The van der Waals surface area contributed by atoms with E-state index >= 15 is 0 Å². The number of aryl methyl sites for hydroxylation is 1. The van der Waals surface area contributed by atoms with E-state index in [1.165, 1.54) is 0 Å². The van der Waals surface area contributed by atoms with E-state index < -0.39 is 6.61 Å². The highest BCUT2D eigenvalue weighted by molar-refractivity contribution is 9.10. The lowest BCUT2D eigenvalue weighted by atomic mass is 10.1. The number of hydrogen-bond donors (Lipinski definition) is 1. The van der Waals surface area contributed by atoms with Crippen LogP contribution in [0.15, 0.2) is 16.6 Å². The Labute approximate surface area is 126 Å². The van der Waals surface area contributed by atoms with E-state index in [2.05, 4.69) is 32.5 Å². The van der Waals surface area contributed by atoms with Crippen molar-refractivity contribution in [2.45, 2.75) is 33.0 Å². The number of halogens is 3. The minimum Gasteiger partial charge on any atom is -0.434 e. The summed E-state index contributed by atoms with van der Waals surface area (Å²) in [7, 11) is 0. The largest absolute Gasteiger partial charge is 0.434 e. The molecule has 112 valence electrons. The fourth-order valence-corrected chi connectivity index (χ4v) is 3.26. The Kier molecular flexibility index (Phi) is 4.99. The molecular weight excluding hydrogens is 330 g/mol. The zero-order chi connectivity index (χ0) is 14.9. The predicted molar refractivity (Wildman–Crippen MR) is 77.9 cm³/mol. The van der Waals surface area contributed by atoms with Crippen molar-refractivity contribution < 1.29 is 13.5 Å². The molecule has 1 saturated heterocycles. The molecule has 2 rings (SSSR count). The number of hydrogen-bond acceptors (Lipinski definition) is 3. The molecule has 6 heteroatoms. The summed E-state index contributed by atoms with van der Waals surface area (Å²) < 4.78 is 30.6. The molecule has 0 aliphatic carbocycles. The van der Waals surface area contributed by atoms with Gasteiger partial charge < -0.3 is 10.5 Å². The molecule has 2 atom stereocenters. The second-order valence-corrected chi connectivity index (χ2v) is 6.34. The summed E-state index contributed by atoms with van der Waals surface area (Å²) in [6, 6.07) is 3.75. The van der Waals surface area contributed by atoms with Gasteiger partial charge in [-0.05, 0) is 30.5 Å². The average molecular weight is 349 g/mol. The second-order valence-electron chi connectivity index (χ2n) is 5.42. The highest BCUT2D eigenvalue weighted by Crippen LogP contribution is 2.31. The van der Waals surface area contributed by atoms with Crippen LogP contribution in [0.2, 0.25) is 0 Å². The number of likely N-dealkylation sites (tertiary alicyclic amines) is 1. The van der Waals surface area contributed by atoms with E-state index in [0.29, 0.717) is 18.0 Å². The van der Waals surface area contributed by atoms with Crippen LogP contribution in [-0.2, 0) is 6.54 Å². The summed E-state index contributed by atoms with van der Waals surface area (Å²) in [4.78, 5) is 2.18. The van der Waals surface area contributed by atoms with E-state index in [0.717, 1.165) is 23.1 Å². The second kappa shape index (κ2) is 6.37. The molecule has 0 bridgehead atoms. The van der Waals surface area contributed by atoms with Crippen LogP contribution in [0.25, 0.3) is 0 Å². The number of rotatable bonds is 4. The van der Waals surface area contributed by atoms with Crippen LogP contribution < -0.4 is 10.5 Å². The fraction of sp³-hybridized carbons (Fsp3) is 0.571. The first-order valence-corrected chi connectivity index (χ1v) is 7.38. The third kappa shape index (κ3) is 3.68. The zero-order valence-corrected chi connectivity index (χ0v) is 13.2. The Morgan fingerprint density at radius 1 is 1.45 bits per heavy atom. The molecule has 0 spiro atoms. The molecule has 1 aliphatic rings. The SMILES string of the molecule is Cc1cc(Br)cc(CN2CC(C)C(N)C2)c1OC(F)F. The lowest BCUT2D eigenvalue weighted by molar-refractivity contribution is -0.0512. The normalized spacial score (nSPS) is 23.6.